The highest BCUT2D eigenvalue weighted by atomic mass is 16.5. The highest BCUT2D eigenvalue weighted by molar-refractivity contribution is 5.81. The topological polar surface area (TPSA) is 70.5 Å². The molecule has 0 aliphatic heterocycles. The van der Waals surface area contributed by atoms with Crippen molar-refractivity contribution < 1.29 is 9.47 Å². The zero-order chi connectivity index (χ0) is 31.3. The minimum atomic E-state index is -0.282. The van der Waals surface area contributed by atoms with Crippen LogP contribution in [0.25, 0.3) is 22.3 Å². The van der Waals surface area contributed by atoms with Gasteiger partial charge in [0.15, 0.2) is 0 Å². The first-order valence-corrected chi connectivity index (χ1v) is 16.1. The van der Waals surface area contributed by atoms with E-state index in [1.165, 1.54) is 17.5 Å². The fraction of sp³-hybridized carbons (Fsp3) is 0.143. The van der Waals surface area contributed by atoms with Crippen molar-refractivity contribution >= 4 is 11.4 Å². The molecule has 7 rings (SSSR count). The number of nitrogen functional groups attached to an aromatic ring is 2. The van der Waals surface area contributed by atoms with E-state index in [0.29, 0.717) is 11.4 Å². The molecule has 228 valence electrons. The molecule has 1 aliphatic rings. The molecular weight excluding hydrogens is 564 g/mol. The zero-order valence-corrected chi connectivity index (χ0v) is 25.9. The zero-order valence-electron chi connectivity index (χ0n) is 25.9. The summed E-state index contributed by atoms with van der Waals surface area (Å²) in [5.41, 5.74) is 20.2. The summed E-state index contributed by atoms with van der Waals surface area (Å²) >= 11 is 0. The van der Waals surface area contributed by atoms with Gasteiger partial charge < -0.3 is 20.9 Å². The molecule has 0 unspecified atom stereocenters. The summed E-state index contributed by atoms with van der Waals surface area (Å²) in [6, 6.07) is 49.6. The maximum Gasteiger partial charge on any atom is 0.135 e. The molecular formula is C42H38N2O2. The second-order valence-corrected chi connectivity index (χ2v) is 12.1. The molecule has 6 aromatic rings. The predicted molar refractivity (Wildman–Crippen MR) is 189 cm³/mol. The van der Waals surface area contributed by atoms with Gasteiger partial charge in [0.2, 0.25) is 0 Å². The smallest absolute Gasteiger partial charge is 0.135 e. The first-order chi connectivity index (χ1) is 22.6. The van der Waals surface area contributed by atoms with Crippen LogP contribution in [0.2, 0.25) is 0 Å². The molecule has 1 saturated carbocycles. The number of benzene rings is 6. The molecule has 4 nitrogen and oxygen atoms in total. The maximum atomic E-state index is 6.67. The number of nitrogens with two attached hydrogens (primary N) is 2. The van der Waals surface area contributed by atoms with Gasteiger partial charge in [-0.1, -0.05) is 104 Å². The van der Waals surface area contributed by atoms with Crippen molar-refractivity contribution in [1.82, 2.24) is 0 Å². The third-order valence-electron chi connectivity index (χ3n) is 9.13. The van der Waals surface area contributed by atoms with Gasteiger partial charge in [-0.2, -0.15) is 0 Å². The first kappa shape index (κ1) is 29.2. The molecule has 6 aromatic carbocycles. The predicted octanol–water partition coefficient (Wildman–Crippen LogP) is 11.0. The van der Waals surface area contributed by atoms with Crippen LogP contribution < -0.4 is 20.9 Å². The van der Waals surface area contributed by atoms with Crippen LogP contribution in [0.4, 0.5) is 11.4 Å². The lowest BCUT2D eigenvalue weighted by atomic mass is 9.62. The van der Waals surface area contributed by atoms with Gasteiger partial charge in [-0.05, 0) is 95.8 Å². The third-order valence-corrected chi connectivity index (χ3v) is 9.13. The van der Waals surface area contributed by atoms with Crippen LogP contribution in [0.3, 0.4) is 0 Å². The summed E-state index contributed by atoms with van der Waals surface area (Å²) in [5, 5.41) is 0. The van der Waals surface area contributed by atoms with Crippen molar-refractivity contribution in [3.8, 4) is 45.3 Å². The molecule has 4 heteroatoms. The van der Waals surface area contributed by atoms with E-state index in [2.05, 4.69) is 97.1 Å². The highest BCUT2D eigenvalue weighted by Crippen LogP contribution is 2.54. The molecule has 46 heavy (non-hydrogen) atoms. The van der Waals surface area contributed by atoms with E-state index in [-0.39, 0.29) is 5.41 Å². The van der Waals surface area contributed by atoms with Crippen molar-refractivity contribution in [3.63, 3.8) is 0 Å². The fourth-order valence-electron chi connectivity index (χ4n) is 7.00. The monoisotopic (exact) mass is 602 g/mol. The SMILES string of the molecule is Nc1ccc(Oc2cccc(C3(c4cccc(Oc5ccc(N)cc5)c4-c4ccccc4)CCCCC3)c2-c2ccccc2)cc1. The van der Waals surface area contributed by atoms with E-state index in [1.54, 1.807) is 0 Å². The Kier molecular flexibility index (Phi) is 8.18. The minimum absolute atomic E-state index is 0.282. The summed E-state index contributed by atoms with van der Waals surface area (Å²) in [5.74, 6) is 3.16. The van der Waals surface area contributed by atoms with E-state index < -0.39 is 0 Å². The second kappa shape index (κ2) is 12.9. The fourth-order valence-corrected chi connectivity index (χ4v) is 7.00. The Morgan fingerprint density at radius 2 is 0.826 bits per heavy atom. The van der Waals surface area contributed by atoms with E-state index in [9.17, 15) is 0 Å². The lowest BCUT2D eigenvalue weighted by Gasteiger charge is -2.41. The van der Waals surface area contributed by atoms with Gasteiger partial charge in [-0.3, -0.25) is 0 Å². The molecule has 0 bridgehead atoms. The Bertz CT molecular complexity index is 1780. The van der Waals surface area contributed by atoms with E-state index >= 15 is 0 Å². The Balaban J connectivity index is 1.47. The lowest BCUT2D eigenvalue weighted by molar-refractivity contribution is 0.345. The molecule has 0 spiro atoms. The Labute approximate surface area is 271 Å². The molecule has 1 aliphatic carbocycles. The Hall–Kier alpha value is -5.48. The largest absolute Gasteiger partial charge is 0.457 e. The number of ether oxygens (including phenoxy) is 2. The van der Waals surface area contributed by atoms with E-state index in [0.717, 1.165) is 70.9 Å². The lowest BCUT2D eigenvalue weighted by Crippen LogP contribution is -2.32. The van der Waals surface area contributed by atoms with Crippen LogP contribution in [0.15, 0.2) is 146 Å². The second-order valence-electron chi connectivity index (χ2n) is 12.1. The van der Waals surface area contributed by atoms with Crippen LogP contribution in [-0.2, 0) is 5.41 Å². The molecule has 0 radical (unpaired) electrons. The standard InChI is InChI=1S/C42H38N2O2/c43-32-20-24-34(25-21-32)45-38-18-10-16-36(40(38)30-12-4-1-5-13-30)42(28-8-3-9-29-42)37-17-11-19-39(41(37)31-14-6-2-7-15-31)46-35-26-22-33(44)23-27-35/h1-2,4-7,10-27H,3,8-9,28-29,43-44H2. The van der Waals surface area contributed by atoms with Crippen molar-refractivity contribution in [2.45, 2.75) is 37.5 Å². The Morgan fingerprint density at radius 3 is 1.24 bits per heavy atom. The maximum absolute atomic E-state index is 6.67. The summed E-state index contributed by atoms with van der Waals surface area (Å²) in [6.45, 7) is 0. The summed E-state index contributed by atoms with van der Waals surface area (Å²) < 4.78 is 13.3. The molecule has 4 N–H and O–H groups in total. The van der Waals surface area contributed by atoms with Crippen molar-refractivity contribution in [1.29, 1.82) is 0 Å². The van der Waals surface area contributed by atoms with Gasteiger partial charge in [-0.25, -0.2) is 0 Å². The summed E-state index contributed by atoms with van der Waals surface area (Å²) in [4.78, 5) is 0. The average Bonchev–Trinajstić information content (AvgIpc) is 3.11. The summed E-state index contributed by atoms with van der Waals surface area (Å²) in [7, 11) is 0. The minimum Gasteiger partial charge on any atom is -0.457 e. The van der Waals surface area contributed by atoms with Gasteiger partial charge in [0.25, 0.3) is 0 Å². The highest BCUT2D eigenvalue weighted by Gasteiger charge is 2.41. The number of anilines is 2. The van der Waals surface area contributed by atoms with Gasteiger partial charge in [0, 0.05) is 27.9 Å². The molecule has 1 fully saturated rings. The van der Waals surface area contributed by atoms with Gasteiger partial charge in [0.1, 0.15) is 23.0 Å². The first-order valence-electron chi connectivity index (χ1n) is 16.1. The quantitative estimate of drug-likeness (QED) is 0.170. The molecule has 0 aromatic heterocycles. The van der Waals surface area contributed by atoms with Gasteiger partial charge in [-0.15, -0.1) is 0 Å². The number of hydrogen-bond acceptors (Lipinski definition) is 4. The normalized spacial score (nSPS) is 14.0. The Morgan fingerprint density at radius 1 is 0.413 bits per heavy atom. The molecule has 0 saturated heterocycles. The van der Waals surface area contributed by atoms with Crippen molar-refractivity contribution in [3.05, 3.63) is 157 Å². The molecule has 0 atom stereocenters. The van der Waals surface area contributed by atoms with Crippen LogP contribution in [0.1, 0.15) is 43.2 Å². The van der Waals surface area contributed by atoms with Crippen LogP contribution in [0.5, 0.6) is 23.0 Å². The molecule has 0 amide bonds. The third kappa shape index (κ3) is 5.82. The van der Waals surface area contributed by atoms with E-state index in [4.69, 9.17) is 20.9 Å². The van der Waals surface area contributed by atoms with Crippen molar-refractivity contribution in [2.24, 2.45) is 0 Å². The average molecular weight is 603 g/mol. The van der Waals surface area contributed by atoms with Crippen LogP contribution >= 0.6 is 0 Å². The van der Waals surface area contributed by atoms with E-state index in [1.807, 2.05) is 48.5 Å². The van der Waals surface area contributed by atoms with Gasteiger partial charge in [0.05, 0.1) is 0 Å². The van der Waals surface area contributed by atoms with Crippen molar-refractivity contribution in [2.75, 3.05) is 11.5 Å². The van der Waals surface area contributed by atoms with Gasteiger partial charge >= 0.3 is 0 Å². The summed E-state index contributed by atoms with van der Waals surface area (Å²) in [6.07, 6.45) is 5.52. The number of rotatable bonds is 8. The molecule has 0 heterocycles. The number of hydrogen-bond donors (Lipinski definition) is 2. The van der Waals surface area contributed by atoms with Crippen LogP contribution in [0, 0.1) is 0 Å². The van der Waals surface area contributed by atoms with Crippen LogP contribution in [-0.4, -0.2) is 0 Å².